The third-order valence-corrected chi connectivity index (χ3v) is 2.59. The highest BCUT2D eigenvalue weighted by atomic mass is 16.5. The molecule has 0 aliphatic rings. The van der Waals surface area contributed by atoms with Crippen LogP contribution in [0.5, 0.6) is 5.75 Å². The molecule has 16 heavy (non-hydrogen) atoms. The van der Waals surface area contributed by atoms with E-state index in [1.54, 1.807) is 14.0 Å². The van der Waals surface area contributed by atoms with Crippen molar-refractivity contribution in [2.75, 3.05) is 7.11 Å². The van der Waals surface area contributed by atoms with Crippen LogP contribution in [0.25, 0.3) is 11.0 Å². The number of Topliss-reactive ketones (excluding diaryl/α,β-unsaturated/α-hetero) is 1. The number of carbonyl (C=O) groups excluding carboxylic acids is 1. The van der Waals surface area contributed by atoms with Gasteiger partial charge < -0.3 is 9.30 Å². The van der Waals surface area contributed by atoms with Crippen molar-refractivity contribution in [1.82, 2.24) is 9.55 Å². The molecule has 1 aromatic heterocycles. The fraction of sp³-hybridized carbons (Fsp3) is 0.333. The van der Waals surface area contributed by atoms with E-state index in [0.29, 0.717) is 6.42 Å². The summed E-state index contributed by atoms with van der Waals surface area (Å²) in [6.07, 6.45) is 0.369. The van der Waals surface area contributed by atoms with Crippen molar-refractivity contribution in [1.29, 1.82) is 0 Å². The smallest absolute Gasteiger partial charge is 0.137 e. The highest BCUT2D eigenvalue weighted by Gasteiger charge is 2.09. The first-order valence-electron chi connectivity index (χ1n) is 5.10. The molecule has 0 saturated carbocycles. The lowest BCUT2D eigenvalue weighted by Gasteiger charge is -2.00. The zero-order valence-corrected chi connectivity index (χ0v) is 9.65. The number of nitrogens with zero attached hydrogens (tertiary/aromatic N) is 2. The molecule has 0 fully saturated rings. The lowest BCUT2D eigenvalue weighted by atomic mass is 10.3. The molecule has 0 amide bonds. The van der Waals surface area contributed by atoms with Gasteiger partial charge in [-0.05, 0) is 19.1 Å². The van der Waals surface area contributed by atoms with Gasteiger partial charge in [0.15, 0.2) is 0 Å². The first-order chi connectivity index (χ1) is 7.61. The standard InChI is InChI=1S/C12H14N2O2/c1-8(15)6-12-13-10-7-9(16-3)4-5-11(10)14(12)2/h4-5,7H,6H2,1-3H3. The van der Waals surface area contributed by atoms with E-state index in [1.807, 2.05) is 29.8 Å². The van der Waals surface area contributed by atoms with Crippen molar-refractivity contribution in [2.45, 2.75) is 13.3 Å². The van der Waals surface area contributed by atoms with Gasteiger partial charge in [0.2, 0.25) is 0 Å². The van der Waals surface area contributed by atoms with E-state index in [9.17, 15) is 4.79 Å². The van der Waals surface area contributed by atoms with Gasteiger partial charge in [0, 0.05) is 13.1 Å². The minimum absolute atomic E-state index is 0.116. The normalized spacial score (nSPS) is 10.7. The maximum absolute atomic E-state index is 11.1. The van der Waals surface area contributed by atoms with Crippen molar-refractivity contribution in [3.05, 3.63) is 24.0 Å². The first kappa shape index (κ1) is 10.7. The average molecular weight is 218 g/mol. The van der Waals surface area contributed by atoms with Crippen LogP contribution >= 0.6 is 0 Å². The van der Waals surface area contributed by atoms with Crippen LogP contribution in [-0.2, 0) is 18.3 Å². The van der Waals surface area contributed by atoms with Gasteiger partial charge in [-0.2, -0.15) is 0 Å². The van der Waals surface area contributed by atoms with Gasteiger partial charge in [-0.25, -0.2) is 4.98 Å². The van der Waals surface area contributed by atoms with E-state index in [4.69, 9.17) is 4.74 Å². The van der Waals surface area contributed by atoms with Crippen molar-refractivity contribution in [3.63, 3.8) is 0 Å². The lowest BCUT2D eigenvalue weighted by molar-refractivity contribution is -0.116. The molecule has 0 bridgehead atoms. The minimum Gasteiger partial charge on any atom is -0.497 e. The van der Waals surface area contributed by atoms with Crippen LogP contribution in [0.3, 0.4) is 0 Å². The Morgan fingerprint density at radius 3 is 2.88 bits per heavy atom. The summed E-state index contributed by atoms with van der Waals surface area (Å²) < 4.78 is 7.08. The second kappa shape index (κ2) is 3.96. The molecule has 2 rings (SSSR count). The molecule has 0 spiro atoms. The second-order valence-electron chi connectivity index (χ2n) is 3.82. The van der Waals surface area contributed by atoms with Crippen molar-refractivity contribution in [2.24, 2.45) is 7.05 Å². The summed E-state index contributed by atoms with van der Waals surface area (Å²) in [6, 6.07) is 5.71. The molecule has 0 atom stereocenters. The number of aryl methyl sites for hydroxylation is 1. The Morgan fingerprint density at radius 1 is 1.50 bits per heavy atom. The number of imidazole rings is 1. The van der Waals surface area contributed by atoms with Crippen LogP contribution in [0.15, 0.2) is 18.2 Å². The predicted octanol–water partition coefficient (Wildman–Crippen LogP) is 1.71. The fourth-order valence-corrected chi connectivity index (χ4v) is 1.74. The van der Waals surface area contributed by atoms with E-state index in [2.05, 4.69) is 4.98 Å². The van der Waals surface area contributed by atoms with Crippen LogP contribution in [-0.4, -0.2) is 22.4 Å². The van der Waals surface area contributed by atoms with E-state index in [-0.39, 0.29) is 5.78 Å². The molecule has 0 unspecified atom stereocenters. The zero-order chi connectivity index (χ0) is 11.7. The summed E-state index contributed by atoms with van der Waals surface area (Å²) in [4.78, 5) is 15.5. The summed E-state index contributed by atoms with van der Waals surface area (Å²) in [5.41, 5.74) is 1.87. The van der Waals surface area contributed by atoms with E-state index >= 15 is 0 Å². The molecule has 0 N–H and O–H groups in total. The molecular weight excluding hydrogens is 204 g/mol. The quantitative estimate of drug-likeness (QED) is 0.787. The Bertz CT molecular complexity index is 543. The Hall–Kier alpha value is -1.84. The summed E-state index contributed by atoms with van der Waals surface area (Å²) in [7, 11) is 3.54. The van der Waals surface area contributed by atoms with Gasteiger partial charge in [-0.3, -0.25) is 4.79 Å². The summed E-state index contributed by atoms with van der Waals surface area (Å²) in [5, 5.41) is 0. The van der Waals surface area contributed by atoms with Crippen LogP contribution in [0, 0.1) is 0 Å². The minimum atomic E-state index is 0.116. The topological polar surface area (TPSA) is 44.1 Å². The molecule has 0 aliphatic heterocycles. The molecule has 4 heteroatoms. The molecule has 84 valence electrons. The van der Waals surface area contributed by atoms with Crippen molar-refractivity contribution in [3.8, 4) is 5.75 Å². The zero-order valence-electron chi connectivity index (χ0n) is 9.65. The molecule has 4 nitrogen and oxygen atoms in total. The van der Waals surface area contributed by atoms with Gasteiger partial charge in [0.25, 0.3) is 0 Å². The first-order valence-corrected chi connectivity index (χ1v) is 5.10. The third kappa shape index (κ3) is 1.78. The number of methoxy groups -OCH3 is 1. The largest absolute Gasteiger partial charge is 0.497 e. The number of hydrogen-bond donors (Lipinski definition) is 0. The highest BCUT2D eigenvalue weighted by Crippen LogP contribution is 2.21. The maximum atomic E-state index is 11.1. The van der Waals surface area contributed by atoms with E-state index in [0.717, 1.165) is 22.6 Å². The van der Waals surface area contributed by atoms with Crippen LogP contribution in [0.2, 0.25) is 0 Å². The van der Waals surface area contributed by atoms with E-state index in [1.165, 1.54) is 0 Å². The molecule has 0 saturated heterocycles. The highest BCUT2D eigenvalue weighted by molar-refractivity contribution is 5.81. The maximum Gasteiger partial charge on any atom is 0.137 e. The van der Waals surface area contributed by atoms with Crippen LogP contribution in [0.4, 0.5) is 0 Å². The van der Waals surface area contributed by atoms with E-state index < -0.39 is 0 Å². The fourth-order valence-electron chi connectivity index (χ4n) is 1.74. The monoisotopic (exact) mass is 218 g/mol. The molecule has 1 aromatic carbocycles. The third-order valence-electron chi connectivity index (χ3n) is 2.59. The predicted molar refractivity (Wildman–Crippen MR) is 61.7 cm³/mol. The molecule has 0 aliphatic carbocycles. The number of benzene rings is 1. The Morgan fingerprint density at radius 2 is 2.25 bits per heavy atom. The molecule has 0 radical (unpaired) electrons. The van der Waals surface area contributed by atoms with Crippen LogP contribution < -0.4 is 4.74 Å². The molecule has 2 aromatic rings. The van der Waals surface area contributed by atoms with Gasteiger partial charge in [-0.15, -0.1) is 0 Å². The number of carbonyl (C=O) groups is 1. The summed E-state index contributed by atoms with van der Waals surface area (Å²) in [5.74, 6) is 1.68. The SMILES string of the molecule is COc1ccc2c(c1)nc(CC(C)=O)n2C. The molecule has 1 heterocycles. The Kier molecular flexibility index (Phi) is 2.64. The Balaban J connectivity index is 2.54. The lowest BCUT2D eigenvalue weighted by Crippen LogP contribution is -2.03. The van der Waals surface area contributed by atoms with Crippen LogP contribution in [0.1, 0.15) is 12.7 Å². The molecular formula is C12H14N2O2. The van der Waals surface area contributed by atoms with Gasteiger partial charge in [0.1, 0.15) is 17.4 Å². The number of ether oxygens (including phenoxy) is 1. The number of fused-ring (bicyclic) bond motifs is 1. The Labute approximate surface area is 93.9 Å². The summed E-state index contributed by atoms with van der Waals surface area (Å²) >= 11 is 0. The second-order valence-corrected chi connectivity index (χ2v) is 3.82. The van der Waals surface area contributed by atoms with Gasteiger partial charge >= 0.3 is 0 Å². The number of rotatable bonds is 3. The average Bonchev–Trinajstić information content (AvgIpc) is 2.54. The number of ketones is 1. The summed E-state index contributed by atoms with van der Waals surface area (Å²) in [6.45, 7) is 1.57. The van der Waals surface area contributed by atoms with Gasteiger partial charge in [-0.1, -0.05) is 0 Å². The number of hydrogen-bond acceptors (Lipinski definition) is 3. The van der Waals surface area contributed by atoms with Crippen molar-refractivity contribution >= 4 is 16.8 Å². The van der Waals surface area contributed by atoms with Crippen molar-refractivity contribution < 1.29 is 9.53 Å². The van der Waals surface area contributed by atoms with Gasteiger partial charge in [0.05, 0.1) is 24.6 Å². The number of aromatic nitrogens is 2.